The van der Waals surface area contributed by atoms with E-state index in [0.717, 1.165) is 48.2 Å². The van der Waals surface area contributed by atoms with Gasteiger partial charge >= 0.3 is 0 Å². The molecule has 0 bridgehead atoms. The summed E-state index contributed by atoms with van der Waals surface area (Å²) in [6.07, 6.45) is 2.04. The van der Waals surface area contributed by atoms with Crippen LogP contribution in [-0.2, 0) is 0 Å². The summed E-state index contributed by atoms with van der Waals surface area (Å²) in [5, 5.41) is 6.23. The van der Waals surface area contributed by atoms with Gasteiger partial charge in [0.15, 0.2) is 5.13 Å². The third kappa shape index (κ3) is 3.98. The molecule has 0 spiro atoms. The minimum Gasteiger partial charge on any atom is -0.497 e. The number of hydrogen-bond donors (Lipinski definition) is 1. The van der Waals surface area contributed by atoms with Crippen molar-refractivity contribution in [1.82, 2.24) is 14.4 Å². The zero-order valence-corrected chi connectivity index (χ0v) is 21.0. The third-order valence-corrected chi connectivity index (χ3v) is 6.19. The Morgan fingerprint density at radius 1 is 1.11 bits per heavy atom. The van der Waals surface area contributed by atoms with Gasteiger partial charge in [-0.2, -0.15) is 0 Å². The topological polar surface area (TPSA) is 51.5 Å². The molecule has 1 aromatic carbocycles. The first-order valence-corrected chi connectivity index (χ1v) is 10.6. The highest BCUT2D eigenvalue weighted by molar-refractivity contribution is 9.11. The standard InChI is InChI=1S/C19H16Br2N4OS.BrH/c1-10-4-5-25-16(6-10)22-11(2)18(25)15-9-27-19(23-15)24-17-13(20)7-12(26-3)8-14(17)21;/h4-9H,1-3H3,(H,23,24);1H. The van der Waals surface area contributed by atoms with Crippen LogP contribution in [0.15, 0.2) is 44.8 Å². The van der Waals surface area contributed by atoms with Crippen molar-refractivity contribution >= 4 is 76.6 Å². The number of aromatic nitrogens is 3. The van der Waals surface area contributed by atoms with Gasteiger partial charge in [-0.3, -0.25) is 4.40 Å². The number of thiazole rings is 1. The average Bonchev–Trinajstić information content (AvgIpc) is 3.20. The van der Waals surface area contributed by atoms with Crippen LogP contribution < -0.4 is 10.1 Å². The first-order chi connectivity index (χ1) is 13.0. The quantitative estimate of drug-likeness (QED) is 0.281. The Hall–Kier alpha value is -1.42. The van der Waals surface area contributed by atoms with Crippen LogP contribution in [-0.4, -0.2) is 21.5 Å². The molecule has 1 N–H and O–H groups in total. The predicted molar refractivity (Wildman–Crippen MR) is 128 cm³/mol. The van der Waals surface area contributed by atoms with Gasteiger partial charge in [0.05, 0.1) is 24.2 Å². The van der Waals surface area contributed by atoms with Crippen molar-refractivity contribution in [3.05, 3.63) is 56.0 Å². The Balaban J connectivity index is 0.00000225. The summed E-state index contributed by atoms with van der Waals surface area (Å²) in [5.74, 6) is 0.774. The molecule has 0 aliphatic rings. The number of benzene rings is 1. The van der Waals surface area contributed by atoms with Gasteiger partial charge in [0, 0.05) is 20.5 Å². The Kier molecular flexibility index (Phi) is 6.48. The zero-order valence-electron chi connectivity index (χ0n) is 15.3. The Morgan fingerprint density at radius 3 is 2.50 bits per heavy atom. The molecule has 9 heteroatoms. The first-order valence-electron chi connectivity index (χ1n) is 8.17. The number of anilines is 2. The lowest BCUT2D eigenvalue weighted by atomic mass is 10.2. The molecule has 0 fully saturated rings. The molecule has 0 amide bonds. The smallest absolute Gasteiger partial charge is 0.187 e. The highest BCUT2D eigenvalue weighted by Crippen LogP contribution is 2.38. The molecule has 0 unspecified atom stereocenters. The van der Waals surface area contributed by atoms with Gasteiger partial charge in [-0.25, -0.2) is 9.97 Å². The van der Waals surface area contributed by atoms with Crippen molar-refractivity contribution in [1.29, 1.82) is 0 Å². The number of ether oxygens (including phenoxy) is 1. The highest BCUT2D eigenvalue weighted by atomic mass is 79.9. The van der Waals surface area contributed by atoms with E-state index in [2.05, 4.69) is 65.6 Å². The van der Waals surface area contributed by atoms with Crippen LogP contribution in [0.2, 0.25) is 0 Å². The predicted octanol–water partition coefficient (Wildman–Crippen LogP) is 6.93. The number of nitrogens with zero attached hydrogens (tertiary/aromatic N) is 3. The molecule has 3 heterocycles. The maximum Gasteiger partial charge on any atom is 0.187 e. The van der Waals surface area contributed by atoms with Crippen molar-refractivity contribution in [2.45, 2.75) is 13.8 Å². The van der Waals surface area contributed by atoms with E-state index in [1.165, 1.54) is 5.56 Å². The molecule has 0 aliphatic carbocycles. The second kappa shape index (κ2) is 8.52. The van der Waals surface area contributed by atoms with E-state index in [-0.39, 0.29) is 17.0 Å². The molecule has 4 aromatic rings. The van der Waals surface area contributed by atoms with E-state index in [1.54, 1.807) is 18.4 Å². The Morgan fingerprint density at radius 2 is 1.82 bits per heavy atom. The molecule has 0 atom stereocenters. The molecule has 0 saturated heterocycles. The normalized spacial score (nSPS) is 10.8. The molecule has 146 valence electrons. The van der Waals surface area contributed by atoms with Crippen molar-refractivity contribution in [3.8, 4) is 17.1 Å². The van der Waals surface area contributed by atoms with Gasteiger partial charge < -0.3 is 10.1 Å². The summed E-state index contributed by atoms with van der Waals surface area (Å²) in [6.45, 7) is 4.08. The molecule has 0 radical (unpaired) electrons. The Bertz CT molecular complexity index is 1130. The molecular weight excluding hydrogens is 572 g/mol. The molecule has 0 aliphatic heterocycles. The molecule has 3 aromatic heterocycles. The lowest BCUT2D eigenvalue weighted by molar-refractivity contribution is 0.414. The van der Waals surface area contributed by atoms with Crippen LogP contribution in [0.1, 0.15) is 11.3 Å². The number of imidazole rings is 1. The van der Waals surface area contributed by atoms with E-state index in [9.17, 15) is 0 Å². The fourth-order valence-electron chi connectivity index (χ4n) is 2.91. The van der Waals surface area contributed by atoms with Crippen LogP contribution >= 0.6 is 60.2 Å². The summed E-state index contributed by atoms with van der Waals surface area (Å²) in [7, 11) is 1.65. The minimum atomic E-state index is 0. The SMILES string of the molecule is Br.COc1cc(Br)c(Nc2nc(-c3c(C)nc4cc(C)ccn34)cs2)c(Br)c1. The summed E-state index contributed by atoms with van der Waals surface area (Å²) in [5.41, 5.74) is 5.91. The van der Waals surface area contributed by atoms with Crippen molar-refractivity contribution in [2.75, 3.05) is 12.4 Å². The lowest BCUT2D eigenvalue weighted by Crippen LogP contribution is -1.95. The van der Waals surface area contributed by atoms with E-state index < -0.39 is 0 Å². The number of rotatable bonds is 4. The summed E-state index contributed by atoms with van der Waals surface area (Å²) in [4.78, 5) is 9.45. The van der Waals surface area contributed by atoms with Crippen molar-refractivity contribution < 1.29 is 4.74 Å². The van der Waals surface area contributed by atoms with Crippen LogP contribution in [0.3, 0.4) is 0 Å². The second-order valence-electron chi connectivity index (χ2n) is 6.11. The highest BCUT2D eigenvalue weighted by Gasteiger charge is 2.16. The number of fused-ring (bicyclic) bond motifs is 1. The van der Waals surface area contributed by atoms with Crippen LogP contribution in [0.25, 0.3) is 17.0 Å². The maximum absolute atomic E-state index is 5.29. The molecular formula is C19H17Br3N4OS. The van der Waals surface area contributed by atoms with Gasteiger partial charge in [-0.05, 0) is 75.5 Å². The van der Waals surface area contributed by atoms with Crippen molar-refractivity contribution in [2.24, 2.45) is 0 Å². The molecule has 4 rings (SSSR count). The summed E-state index contributed by atoms with van der Waals surface area (Å²) < 4.78 is 9.16. The number of hydrogen-bond acceptors (Lipinski definition) is 5. The maximum atomic E-state index is 5.29. The fraction of sp³-hybridized carbons (Fsp3) is 0.158. The second-order valence-corrected chi connectivity index (χ2v) is 8.67. The fourth-order valence-corrected chi connectivity index (χ4v) is 4.95. The molecule has 28 heavy (non-hydrogen) atoms. The van der Waals surface area contributed by atoms with Crippen LogP contribution in [0.4, 0.5) is 10.8 Å². The van der Waals surface area contributed by atoms with E-state index in [1.807, 2.05) is 30.6 Å². The average molecular weight is 589 g/mol. The number of pyridine rings is 1. The van der Waals surface area contributed by atoms with E-state index in [4.69, 9.17) is 9.72 Å². The van der Waals surface area contributed by atoms with Gasteiger partial charge in [0.2, 0.25) is 0 Å². The Labute approximate surface area is 194 Å². The number of nitrogens with one attached hydrogen (secondary N) is 1. The summed E-state index contributed by atoms with van der Waals surface area (Å²) >= 11 is 8.72. The number of aryl methyl sites for hydroxylation is 2. The van der Waals surface area contributed by atoms with Gasteiger partial charge in [-0.15, -0.1) is 28.3 Å². The summed E-state index contributed by atoms with van der Waals surface area (Å²) in [6, 6.07) is 7.99. The zero-order chi connectivity index (χ0) is 19.1. The number of halogens is 3. The van der Waals surface area contributed by atoms with Crippen LogP contribution in [0, 0.1) is 13.8 Å². The third-order valence-electron chi connectivity index (χ3n) is 4.19. The first kappa shape index (κ1) is 21.3. The largest absolute Gasteiger partial charge is 0.497 e. The van der Waals surface area contributed by atoms with Gasteiger partial charge in [0.25, 0.3) is 0 Å². The van der Waals surface area contributed by atoms with Gasteiger partial charge in [0.1, 0.15) is 17.1 Å². The molecule has 0 saturated carbocycles. The van der Waals surface area contributed by atoms with Crippen molar-refractivity contribution in [3.63, 3.8) is 0 Å². The lowest BCUT2D eigenvalue weighted by Gasteiger charge is -2.10. The number of methoxy groups -OCH3 is 1. The monoisotopic (exact) mass is 586 g/mol. The van der Waals surface area contributed by atoms with Gasteiger partial charge in [-0.1, -0.05) is 0 Å². The molecule has 5 nitrogen and oxygen atoms in total. The van der Waals surface area contributed by atoms with E-state index >= 15 is 0 Å². The van der Waals surface area contributed by atoms with E-state index in [0.29, 0.717) is 0 Å². The van der Waals surface area contributed by atoms with Crippen LogP contribution in [0.5, 0.6) is 5.75 Å². The minimum absolute atomic E-state index is 0.